The summed E-state index contributed by atoms with van der Waals surface area (Å²) in [5.74, 6) is 1.17. The van der Waals surface area contributed by atoms with Gasteiger partial charge in [-0.3, -0.25) is 9.69 Å². The predicted octanol–water partition coefficient (Wildman–Crippen LogP) is 2.80. The maximum Gasteiger partial charge on any atom is 0.252 e. The van der Waals surface area contributed by atoms with E-state index < -0.39 is 10.0 Å². The molecule has 0 saturated carbocycles. The highest BCUT2D eigenvalue weighted by Gasteiger charge is 2.21. The van der Waals surface area contributed by atoms with Gasteiger partial charge in [-0.15, -0.1) is 11.3 Å². The van der Waals surface area contributed by atoms with E-state index in [9.17, 15) is 13.2 Å². The Bertz CT molecular complexity index is 912. The molecule has 1 saturated heterocycles. The molecule has 6 nitrogen and oxygen atoms in total. The maximum absolute atomic E-state index is 12.2. The Kier molecular flexibility index (Phi) is 6.54. The molecule has 28 heavy (non-hydrogen) atoms. The van der Waals surface area contributed by atoms with Crippen molar-refractivity contribution < 1.29 is 13.2 Å². The fourth-order valence-corrected chi connectivity index (χ4v) is 5.40. The largest absolute Gasteiger partial charge is 0.348 e. The minimum absolute atomic E-state index is 0.0108. The van der Waals surface area contributed by atoms with Crippen molar-refractivity contribution in [3.63, 3.8) is 0 Å². The normalized spacial score (nSPS) is 20.8. The lowest BCUT2D eigenvalue weighted by Crippen LogP contribution is -2.38. The summed E-state index contributed by atoms with van der Waals surface area (Å²) in [5.41, 5.74) is 2.57. The number of hydrogen-bond acceptors (Lipinski definition) is 5. The van der Waals surface area contributed by atoms with Crippen LogP contribution in [0.2, 0.25) is 0 Å². The van der Waals surface area contributed by atoms with Crippen molar-refractivity contribution in [2.75, 3.05) is 13.1 Å². The van der Waals surface area contributed by atoms with Gasteiger partial charge in [0.05, 0.1) is 5.56 Å². The molecule has 1 aromatic heterocycles. The molecule has 1 aliphatic rings. The molecule has 2 atom stereocenters. The zero-order valence-electron chi connectivity index (χ0n) is 16.2. The first-order chi connectivity index (χ1) is 13.2. The molecule has 1 amide bonds. The van der Waals surface area contributed by atoms with E-state index in [1.165, 1.54) is 23.4 Å². The third-order valence-corrected chi connectivity index (χ3v) is 7.33. The molecule has 2 heterocycles. The fraction of sp³-hybridized carbons (Fsp3) is 0.450. The maximum atomic E-state index is 12.2. The number of nitrogens with two attached hydrogens (primary N) is 1. The van der Waals surface area contributed by atoms with E-state index in [0.717, 1.165) is 48.4 Å². The molecule has 2 unspecified atom stereocenters. The number of nitrogens with zero attached hydrogens (tertiary/aromatic N) is 1. The molecule has 152 valence electrons. The highest BCUT2D eigenvalue weighted by atomic mass is 32.2. The van der Waals surface area contributed by atoms with Crippen LogP contribution in [0.5, 0.6) is 0 Å². The molecule has 0 bridgehead atoms. The van der Waals surface area contributed by atoms with Crippen LogP contribution in [0, 0.1) is 11.8 Å². The molecule has 3 N–H and O–H groups in total. The number of amides is 1. The van der Waals surface area contributed by atoms with E-state index in [2.05, 4.69) is 36.2 Å². The van der Waals surface area contributed by atoms with Crippen LogP contribution in [-0.4, -0.2) is 32.3 Å². The second-order valence-corrected chi connectivity index (χ2v) is 10.5. The van der Waals surface area contributed by atoms with Gasteiger partial charge < -0.3 is 5.32 Å². The number of thiophene rings is 1. The smallest absolute Gasteiger partial charge is 0.252 e. The summed E-state index contributed by atoms with van der Waals surface area (Å²) in [4.78, 5) is 14.7. The lowest BCUT2D eigenvalue weighted by molar-refractivity contribution is 0.0951. The molecule has 2 aromatic rings. The molecule has 8 heteroatoms. The molecule has 3 rings (SSSR count). The molecule has 1 fully saturated rings. The summed E-state index contributed by atoms with van der Waals surface area (Å²) >= 11 is 0.947. The van der Waals surface area contributed by atoms with Crippen LogP contribution >= 0.6 is 11.3 Å². The van der Waals surface area contributed by atoms with E-state index >= 15 is 0 Å². The van der Waals surface area contributed by atoms with Crippen LogP contribution in [0.25, 0.3) is 0 Å². The summed E-state index contributed by atoms with van der Waals surface area (Å²) in [6, 6.07) is 9.56. The van der Waals surface area contributed by atoms with Gasteiger partial charge in [0.15, 0.2) is 0 Å². The molecule has 0 radical (unpaired) electrons. The molecule has 0 aliphatic carbocycles. The second kappa shape index (κ2) is 8.73. The van der Waals surface area contributed by atoms with E-state index in [1.54, 1.807) is 0 Å². The number of benzene rings is 1. The molecule has 1 aromatic carbocycles. The molecular weight excluding hydrogens is 394 g/mol. The summed E-state index contributed by atoms with van der Waals surface area (Å²) < 4.78 is 22.6. The van der Waals surface area contributed by atoms with E-state index in [-0.39, 0.29) is 10.1 Å². The van der Waals surface area contributed by atoms with Gasteiger partial charge in [0.2, 0.25) is 10.0 Å². The van der Waals surface area contributed by atoms with Crippen molar-refractivity contribution in [1.82, 2.24) is 10.2 Å². The third-order valence-electron chi connectivity index (χ3n) is 4.94. The van der Waals surface area contributed by atoms with E-state index in [4.69, 9.17) is 5.14 Å². The van der Waals surface area contributed by atoms with Crippen LogP contribution in [0.15, 0.2) is 39.9 Å². The third kappa shape index (κ3) is 5.64. The highest BCUT2D eigenvalue weighted by molar-refractivity contribution is 7.91. The van der Waals surface area contributed by atoms with Crippen LogP contribution in [0.4, 0.5) is 0 Å². The Balaban J connectivity index is 1.53. The Morgan fingerprint density at radius 2 is 1.79 bits per heavy atom. The average Bonchev–Trinajstić information content (AvgIpc) is 3.10. The Morgan fingerprint density at radius 3 is 2.36 bits per heavy atom. The lowest BCUT2D eigenvalue weighted by Gasteiger charge is -2.35. The average molecular weight is 422 g/mol. The van der Waals surface area contributed by atoms with Crippen molar-refractivity contribution >= 4 is 27.3 Å². The first-order valence-corrected chi connectivity index (χ1v) is 11.8. The van der Waals surface area contributed by atoms with Gasteiger partial charge in [-0.05, 0) is 35.4 Å². The van der Waals surface area contributed by atoms with Crippen LogP contribution in [0.3, 0.4) is 0 Å². The topological polar surface area (TPSA) is 92.5 Å². The number of primary sulfonamides is 1. The highest BCUT2D eigenvalue weighted by Crippen LogP contribution is 2.22. The van der Waals surface area contributed by atoms with Crippen molar-refractivity contribution in [2.45, 2.75) is 37.6 Å². The number of piperidine rings is 1. The monoisotopic (exact) mass is 421 g/mol. The molecule has 0 spiro atoms. The number of likely N-dealkylation sites (tertiary alicyclic amines) is 1. The van der Waals surface area contributed by atoms with E-state index in [0.29, 0.717) is 12.1 Å². The predicted molar refractivity (Wildman–Crippen MR) is 112 cm³/mol. The SMILES string of the molecule is CC1CC(C)CN(Cc2ccc(CNC(=O)c3csc(S(N)(=O)=O)c3)cc2)C1. The van der Waals surface area contributed by atoms with Gasteiger partial charge in [-0.25, -0.2) is 13.6 Å². The quantitative estimate of drug-likeness (QED) is 0.750. The number of nitrogens with one attached hydrogen (secondary N) is 1. The van der Waals surface area contributed by atoms with Gasteiger partial charge in [0.1, 0.15) is 4.21 Å². The number of carbonyl (C=O) groups excluding carboxylic acids is 1. The van der Waals surface area contributed by atoms with Gasteiger partial charge in [-0.1, -0.05) is 38.1 Å². The van der Waals surface area contributed by atoms with Gasteiger partial charge in [0.25, 0.3) is 5.91 Å². The molecule has 1 aliphatic heterocycles. The van der Waals surface area contributed by atoms with Crippen molar-refractivity contribution in [3.8, 4) is 0 Å². The van der Waals surface area contributed by atoms with Crippen LogP contribution in [0.1, 0.15) is 41.8 Å². The first kappa shape index (κ1) is 21.0. The first-order valence-electron chi connectivity index (χ1n) is 9.40. The Morgan fingerprint density at radius 1 is 1.18 bits per heavy atom. The van der Waals surface area contributed by atoms with Crippen molar-refractivity contribution in [2.24, 2.45) is 17.0 Å². The summed E-state index contributed by atoms with van der Waals surface area (Å²) in [6.45, 7) is 8.25. The summed E-state index contributed by atoms with van der Waals surface area (Å²) in [7, 11) is -3.77. The number of rotatable bonds is 6. The minimum Gasteiger partial charge on any atom is -0.348 e. The van der Waals surface area contributed by atoms with Crippen molar-refractivity contribution in [3.05, 3.63) is 52.4 Å². The standard InChI is InChI=1S/C20H27N3O3S2/c1-14-7-15(2)11-23(10-14)12-17-5-3-16(4-6-17)9-22-20(24)18-8-19(27-13-18)28(21,25)26/h3-6,8,13-15H,7,9-12H2,1-2H3,(H,22,24)(H2,21,25,26). The van der Waals surface area contributed by atoms with Crippen molar-refractivity contribution in [1.29, 1.82) is 0 Å². The van der Waals surface area contributed by atoms with Crippen LogP contribution in [-0.2, 0) is 23.1 Å². The van der Waals surface area contributed by atoms with Gasteiger partial charge in [-0.2, -0.15) is 0 Å². The fourth-order valence-electron chi connectivity index (χ4n) is 3.81. The van der Waals surface area contributed by atoms with Gasteiger partial charge >= 0.3 is 0 Å². The summed E-state index contributed by atoms with van der Waals surface area (Å²) in [6.07, 6.45) is 1.30. The Hall–Kier alpha value is -1.74. The number of sulfonamides is 1. The molecular formula is C20H27N3O3S2. The lowest BCUT2D eigenvalue weighted by atomic mass is 9.91. The number of carbonyl (C=O) groups is 1. The number of hydrogen-bond donors (Lipinski definition) is 2. The minimum atomic E-state index is -3.77. The van der Waals surface area contributed by atoms with E-state index in [1.807, 2.05) is 12.1 Å². The zero-order chi connectivity index (χ0) is 20.3. The zero-order valence-corrected chi connectivity index (χ0v) is 17.9. The Labute approximate surface area is 170 Å². The summed E-state index contributed by atoms with van der Waals surface area (Å²) in [5, 5.41) is 9.39. The van der Waals surface area contributed by atoms with Gasteiger partial charge in [0, 0.05) is 31.6 Å². The second-order valence-electron chi connectivity index (χ2n) is 7.84. The van der Waals surface area contributed by atoms with Crippen LogP contribution < -0.4 is 10.5 Å².